The van der Waals surface area contributed by atoms with Crippen LogP contribution in [0.15, 0.2) is 12.2 Å². The monoisotopic (exact) mass is 154 g/mol. The molecular formula is C9H14O2. The van der Waals surface area contributed by atoms with Crippen LogP contribution in [0.2, 0.25) is 0 Å². The number of cyclic esters (lactones) is 1. The molecular weight excluding hydrogens is 140 g/mol. The van der Waals surface area contributed by atoms with Crippen molar-refractivity contribution in [1.29, 1.82) is 0 Å². The molecule has 1 saturated heterocycles. The molecule has 1 aliphatic rings. The largest absolute Gasteiger partial charge is 0.465 e. The van der Waals surface area contributed by atoms with Crippen molar-refractivity contribution in [2.45, 2.75) is 26.2 Å². The molecule has 1 fully saturated rings. The SMILES string of the molecule is C/C=C/CC1CCCOC1=O. The summed E-state index contributed by atoms with van der Waals surface area (Å²) in [5.41, 5.74) is 0. The number of hydrogen-bond donors (Lipinski definition) is 0. The third kappa shape index (κ3) is 2.37. The Bertz CT molecular complexity index is 161. The predicted octanol–water partition coefficient (Wildman–Crippen LogP) is 1.91. The van der Waals surface area contributed by atoms with E-state index in [-0.39, 0.29) is 11.9 Å². The van der Waals surface area contributed by atoms with Gasteiger partial charge in [-0.25, -0.2) is 0 Å². The molecule has 0 radical (unpaired) electrons. The Morgan fingerprint density at radius 3 is 3.18 bits per heavy atom. The van der Waals surface area contributed by atoms with E-state index in [1.807, 2.05) is 19.1 Å². The molecule has 0 aromatic carbocycles. The highest BCUT2D eigenvalue weighted by molar-refractivity contribution is 5.73. The zero-order chi connectivity index (χ0) is 8.10. The minimum atomic E-state index is -0.0191. The fourth-order valence-corrected chi connectivity index (χ4v) is 1.25. The van der Waals surface area contributed by atoms with Gasteiger partial charge in [0.2, 0.25) is 0 Å². The van der Waals surface area contributed by atoms with Gasteiger partial charge < -0.3 is 4.74 Å². The molecule has 0 amide bonds. The van der Waals surface area contributed by atoms with Gasteiger partial charge >= 0.3 is 5.97 Å². The Hall–Kier alpha value is -0.790. The first-order valence-electron chi connectivity index (χ1n) is 4.12. The lowest BCUT2D eigenvalue weighted by Gasteiger charge is -2.19. The van der Waals surface area contributed by atoms with Gasteiger partial charge in [-0.1, -0.05) is 12.2 Å². The van der Waals surface area contributed by atoms with E-state index in [0.717, 1.165) is 19.3 Å². The van der Waals surface area contributed by atoms with Gasteiger partial charge in [0.25, 0.3) is 0 Å². The van der Waals surface area contributed by atoms with E-state index in [1.165, 1.54) is 0 Å². The van der Waals surface area contributed by atoms with Crippen LogP contribution in [-0.2, 0) is 9.53 Å². The van der Waals surface area contributed by atoms with Gasteiger partial charge in [-0.05, 0) is 26.2 Å². The molecule has 2 nitrogen and oxygen atoms in total. The molecule has 1 heterocycles. The Morgan fingerprint density at radius 2 is 2.55 bits per heavy atom. The predicted molar refractivity (Wildman–Crippen MR) is 43.1 cm³/mol. The van der Waals surface area contributed by atoms with Gasteiger partial charge in [0.1, 0.15) is 0 Å². The highest BCUT2D eigenvalue weighted by atomic mass is 16.5. The van der Waals surface area contributed by atoms with E-state index >= 15 is 0 Å². The van der Waals surface area contributed by atoms with Crippen molar-refractivity contribution < 1.29 is 9.53 Å². The third-order valence-corrected chi connectivity index (χ3v) is 1.93. The summed E-state index contributed by atoms with van der Waals surface area (Å²) >= 11 is 0. The summed E-state index contributed by atoms with van der Waals surface area (Å²) in [6.45, 7) is 2.58. The second-order valence-corrected chi connectivity index (χ2v) is 2.81. The number of carbonyl (C=O) groups is 1. The van der Waals surface area contributed by atoms with Crippen LogP contribution in [0.1, 0.15) is 26.2 Å². The smallest absolute Gasteiger partial charge is 0.309 e. The Morgan fingerprint density at radius 1 is 1.73 bits per heavy atom. The van der Waals surface area contributed by atoms with Crippen molar-refractivity contribution in [2.75, 3.05) is 6.61 Å². The highest BCUT2D eigenvalue weighted by Crippen LogP contribution is 2.18. The summed E-state index contributed by atoms with van der Waals surface area (Å²) in [5.74, 6) is 0.106. The van der Waals surface area contributed by atoms with Crippen molar-refractivity contribution in [3.8, 4) is 0 Å². The molecule has 2 heteroatoms. The molecule has 0 saturated carbocycles. The molecule has 11 heavy (non-hydrogen) atoms. The van der Waals surface area contributed by atoms with Crippen molar-refractivity contribution in [3.63, 3.8) is 0 Å². The average molecular weight is 154 g/mol. The zero-order valence-electron chi connectivity index (χ0n) is 6.88. The van der Waals surface area contributed by atoms with Crippen LogP contribution in [0.5, 0.6) is 0 Å². The summed E-state index contributed by atoms with van der Waals surface area (Å²) < 4.78 is 4.91. The molecule has 0 aromatic heterocycles. The molecule has 1 aliphatic heterocycles. The molecule has 0 aromatic rings. The zero-order valence-corrected chi connectivity index (χ0v) is 6.88. The number of carbonyl (C=O) groups excluding carboxylic acids is 1. The fraction of sp³-hybridized carbons (Fsp3) is 0.667. The molecule has 0 bridgehead atoms. The van der Waals surface area contributed by atoms with E-state index in [9.17, 15) is 4.79 Å². The number of esters is 1. The first kappa shape index (κ1) is 8.31. The van der Waals surface area contributed by atoms with Gasteiger partial charge in [-0.15, -0.1) is 0 Å². The molecule has 1 rings (SSSR count). The Kier molecular flexibility index (Phi) is 3.14. The number of hydrogen-bond acceptors (Lipinski definition) is 2. The van der Waals surface area contributed by atoms with Crippen LogP contribution >= 0.6 is 0 Å². The van der Waals surface area contributed by atoms with Crippen LogP contribution in [-0.4, -0.2) is 12.6 Å². The standard InChI is InChI=1S/C9H14O2/c1-2-3-5-8-6-4-7-11-9(8)10/h2-3,8H,4-7H2,1H3/b3-2+. The van der Waals surface area contributed by atoms with Crippen molar-refractivity contribution >= 4 is 5.97 Å². The fourth-order valence-electron chi connectivity index (χ4n) is 1.25. The summed E-state index contributed by atoms with van der Waals surface area (Å²) in [5, 5.41) is 0. The van der Waals surface area contributed by atoms with Gasteiger partial charge in [-0.2, -0.15) is 0 Å². The maximum atomic E-state index is 11.0. The van der Waals surface area contributed by atoms with Crippen molar-refractivity contribution in [2.24, 2.45) is 5.92 Å². The second kappa shape index (κ2) is 4.16. The van der Waals surface area contributed by atoms with Crippen LogP contribution in [0, 0.1) is 5.92 Å². The lowest BCUT2D eigenvalue weighted by atomic mass is 9.98. The van der Waals surface area contributed by atoms with Gasteiger partial charge in [0, 0.05) is 0 Å². The average Bonchev–Trinajstić information content (AvgIpc) is 2.03. The van der Waals surface area contributed by atoms with E-state index in [1.54, 1.807) is 0 Å². The minimum absolute atomic E-state index is 0.0191. The van der Waals surface area contributed by atoms with Crippen LogP contribution < -0.4 is 0 Å². The van der Waals surface area contributed by atoms with Crippen LogP contribution in [0.4, 0.5) is 0 Å². The van der Waals surface area contributed by atoms with E-state index in [0.29, 0.717) is 6.61 Å². The summed E-state index contributed by atoms with van der Waals surface area (Å²) in [6.07, 6.45) is 6.85. The maximum Gasteiger partial charge on any atom is 0.309 e. The van der Waals surface area contributed by atoms with Crippen molar-refractivity contribution in [3.05, 3.63) is 12.2 Å². The van der Waals surface area contributed by atoms with E-state index in [4.69, 9.17) is 4.74 Å². The molecule has 62 valence electrons. The lowest BCUT2D eigenvalue weighted by molar-refractivity contribution is -0.152. The Labute approximate surface area is 67.2 Å². The Balaban J connectivity index is 2.35. The number of ether oxygens (including phenoxy) is 1. The molecule has 0 spiro atoms. The highest BCUT2D eigenvalue weighted by Gasteiger charge is 2.21. The minimum Gasteiger partial charge on any atom is -0.465 e. The third-order valence-electron chi connectivity index (χ3n) is 1.93. The molecule has 0 aliphatic carbocycles. The van der Waals surface area contributed by atoms with Gasteiger partial charge in [0.05, 0.1) is 12.5 Å². The number of allylic oxidation sites excluding steroid dienone is 2. The number of rotatable bonds is 2. The maximum absolute atomic E-state index is 11.0. The van der Waals surface area contributed by atoms with E-state index in [2.05, 4.69) is 0 Å². The quantitative estimate of drug-likeness (QED) is 0.448. The molecule has 1 atom stereocenters. The van der Waals surface area contributed by atoms with E-state index < -0.39 is 0 Å². The van der Waals surface area contributed by atoms with Gasteiger partial charge in [-0.3, -0.25) is 4.79 Å². The first-order valence-corrected chi connectivity index (χ1v) is 4.12. The molecule has 1 unspecified atom stereocenters. The van der Waals surface area contributed by atoms with Gasteiger partial charge in [0.15, 0.2) is 0 Å². The lowest BCUT2D eigenvalue weighted by Crippen LogP contribution is -2.23. The second-order valence-electron chi connectivity index (χ2n) is 2.81. The van der Waals surface area contributed by atoms with Crippen molar-refractivity contribution in [1.82, 2.24) is 0 Å². The normalized spacial score (nSPS) is 25.5. The summed E-state index contributed by atoms with van der Waals surface area (Å²) in [7, 11) is 0. The summed E-state index contributed by atoms with van der Waals surface area (Å²) in [4.78, 5) is 11.0. The topological polar surface area (TPSA) is 26.3 Å². The van der Waals surface area contributed by atoms with Crippen LogP contribution in [0.3, 0.4) is 0 Å². The summed E-state index contributed by atoms with van der Waals surface area (Å²) in [6, 6.07) is 0. The first-order chi connectivity index (χ1) is 5.34. The van der Waals surface area contributed by atoms with Crippen LogP contribution in [0.25, 0.3) is 0 Å². The molecule has 0 N–H and O–H groups in total.